The third-order valence-electron chi connectivity index (χ3n) is 2.50. The second kappa shape index (κ2) is 7.38. The molecule has 0 radical (unpaired) electrons. The summed E-state index contributed by atoms with van der Waals surface area (Å²) in [4.78, 5) is 4.17. The van der Waals surface area contributed by atoms with Gasteiger partial charge in [0.05, 0.1) is 24.7 Å². The zero-order valence-corrected chi connectivity index (χ0v) is 10.1. The lowest BCUT2D eigenvalue weighted by molar-refractivity contribution is 0.195. The number of ether oxygens (including phenoxy) is 1. The van der Waals surface area contributed by atoms with Crippen molar-refractivity contribution in [3.8, 4) is 0 Å². The minimum atomic E-state index is 0.157. The van der Waals surface area contributed by atoms with Gasteiger partial charge in [-0.2, -0.15) is 0 Å². The Balaban J connectivity index is 2.59. The van der Waals surface area contributed by atoms with E-state index in [-0.39, 0.29) is 6.04 Å². The van der Waals surface area contributed by atoms with E-state index in [9.17, 15) is 0 Å². The van der Waals surface area contributed by atoms with Crippen molar-refractivity contribution in [1.82, 2.24) is 14.9 Å². The molecule has 0 aliphatic heterocycles. The van der Waals surface area contributed by atoms with E-state index >= 15 is 0 Å². The Labute approximate surface area is 97.0 Å². The Morgan fingerprint density at radius 1 is 1.62 bits per heavy atom. The summed E-state index contributed by atoms with van der Waals surface area (Å²) in [5, 5.41) is 3.36. The molecule has 92 valence electrons. The topological polar surface area (TPSA) is 65.1 Å². The number of methoxy groups -OCH3 is 1. The van der Waals surface area contributed by atoms with Crippen LogP contribution in [0.25, 0.3) is 0 Å². The van der Waals surface area contributed by atoms with Crippen molar-refractivity contribution in [2.24, 2.45) is 5.73 Å². The molecule has 0 aliphatic carbocycles. The van der Waals surface area contributed by atoms with Gasteiger partial charge in [-0.05, 0) is 6.42 Å². The molecular weight excluding hydrogens is 204 g/mol. The average Bonchev–Trinajstić information content (AvgIpc) is 2.73. The molecule has 0 bridgehead atoms. The van der Waals surface area contributed by atoms with E-state index in [2.05, 4.69) is 21.8 Å². The number of aromatic nitrogens is 2. The maximum atomic E-state index is 5.77. The molecule has 5 nitrogen and oxygen atoms in total. The molecule has 1 heterocycles. The van der Waals surface area contributed by atoms with E-state index in [1.165, 1.54) is 0 Å². The van der Waals surface area contributed by atoms with Crippen molar-refractivity contribution in [3.63, 3.8) is 0 Å². The molecular formula is C11H22N4O. The van der Waals surface area contributed by atoms with Crippen LogP contribution in [0.2, 0.25) is 0 Å². The van der Waals surface area contributed by atoms with Crippen molar-refractivity contribution >= 4 is 0 Å². The first kappa shape index (κ1) is 13.2. The van der Waals surface area contributed by atoms with Gasteiger partial charge in [0.2, 0.25) is 0 Å². The van der Waals surface area contributed by atoms with Crippen LogP contribution in [0.3, 0.4) is 0 Å². The zero-order chi connectivity index (χ0) is 11.8. The van der Waals surface area contributed by atoms with Gasteiger partial charge in [0.1, 0.15) is 0 Å². The van der Waals surface area contributed by atoms with Crippen LogP contribution in [0, 0.1) is 0 Å². The van der Waals surface area contributed by atoms with E-state index in [0.717, 1.165) is 25.2 Å². The predicted molar refractivity (Wildman–Crippen MR) is 64.2 cm³/mol. The van der Waals surface area contributed by atoms with Crippen molar-refractivity contribution in [3.05, 3.63) is 18.2 Å². The average molecular weight is 226 g/mol. The molecule has 0 aliphatic rings. The normalized spacial score (nSPS) is 12.9. The maximum Gasteiger partial charge on any atom is 0.0948 e. The Bertz CT molecular complexity index is 287. The highest BCUT2D eigenvalue weighted by atomic mass is 16.5. The number of hydrogen-bond donors (Lipinski definition) is 2. The molecule has 1 unspecified atom stereocenters. The zero-order valence-electron chi connectivity index (χ0n) is 10.1. The van der Waals surface area contributed by atoms with E-state index in [1.807, 2.05) is 12.5 Å². The molecule has 5 heteroatoms. The summed E-state index contributed by atoms with van der Waals surface area (Å²) in [7, 11) is 1.69. The fourth-order valence-electron chi connectivity index (χ4n) is 1.69. The maximum absolute atomic E-state index is 5.77. The fourth-order valence-corrected chi connectivity index (χ4v) is 1.69. The Morgan fingerprint density at radius 3 is 3.06 bits per heavy atom. The SMILES string of the molecule is CCCn1cncc1C(CN)NCCOC. The van der Waals surface area contributed by atoms with Crippen LogP contribution in [0.4, 0.5) is 0 Å². The molecule has 3 N–H and O–H groups in total. The van der Waals surface area contributed by atoms with E-state index in [0.29, 0.717) is 13.2 Å². The van der Waals surface area contributed by atoms with Gasteiger partial charge in [-0.15, -0.1) is 0 Å². The van der Waals surface area contributed by atoms with Gasteiger partial charge in [-0.1, -0.05) is 6.92 Å². The first-order valence-corrected chi connectivity index (χ1v) is 5.75. The molecule has 1 atom stereocenters. The number of nitrogens with zero attached hydrogens (tertiary/aromatic N) is 2. The second-order valence-electron chi connectivity index (χ2n) is 3.75. The number of rotatable bonds is 8. The van der Waals surface area contributed by atoms with Crippen LogP contribution in [0.1, 0.15) is 25.1 Å². The molecule has 0 fully saturated rings. The fraction of sp³-hybridized carbons (Fsp3) is 0.727. The molecule has 16 heavy (non-hydrogen) atoms. The Kier molecular flexibility index (Phi) is 6.07. The first-order valence-electron chi connectivity index (χ1n) is 5.75. The van der Waals surface area contributed by atoms with Crippen molar-refractivity contribution in [1.29, 1.82) is 0 Å². The van der Waals surface area contributed by atoms with Gasteiger partial charge >= 0.3 is 0 Å². The van der Waals surface area contributed by atoms with Gasteiger partial charge < -0.3 is 20.4 Å². The number of imidazole rings is 1. The van der Waals surface area contributed by atoms with Gasteiger partial charge in [-0.3, -0.25) is 0 Å². The summed E-state index contributed by atoms with van der Waals surface area (Å²) in [5.41, 5.74) is 6.92. The van der Waals surface area contributed by atoms with Crippen LogP contribution in [-0.2, 0) is 11.3 Å². The van der Waals surface area contributed by atoms with Crippen LogP contribution in [-0.4, -0.2) is 36.4 Å². The predicted octanol–water partition coefficient (Wildman–Crippen LogP) is 0.529. The van der Waals surface area contributed by atoms with E-state index in [1.54, 1.807) is 7.11 Å². The molecule has 0 aromatic carbocycles. The number of aryl methyl sites for hydroxylation is 1. The summed E-state index contributed by atoms with van der Waals surface area (Å²) in [5.74, 6) is 0. The van der Waals surface area contributed by atoms with Gasteiger partial charge in [-0.25, -0.2) is 4.98 Å². The van der Waals surface area contributed by atoms with Crippen LogP contribution < -0.4 is 11.1 Å². The molecule has 1 aromatic rings. The third kappa shape index (κ3) is 3.59. The molecule has 0 spiro atoms. The lowest BCUT2D eigenvalue weighted by Gasteiger charge is -2.18. The van der Waals surface area contributed by atoms with Gasteiger partial charge in [0, 0.05) is 32.9 Å². The van der Waals surface area contributed by atoms with Crippen LogP contribution in [0.5, 0.6) is 0 Å². The van der Waals surface area contributed by atoms with Crippen molar-refractivity contribution in [2.75, 3.05) is 26.8 Å². The minimum absolute atomic E-state index is 0.157. The molecule has 0 saturated carbocycles. The summed E-state index contributed by atoms with van der Waals surface area (Å²) < 4.78 is 7.16. The molecule has 0 amide bonds. The smallest absolute Gasteiger partial charge is 0.0948 e. The largest absolute Gasteiger partial charge is 0.383 e. The highest BCUT2D eigenvalue weighted by Crippen LogP contribution is 2.11. The highest BCUT2D eigenvalue weighted by Gasteiger charge is 2.13. The van der Waals surface area contributed by atoms with E-state index < -0.39 is 0 Å². The molecule has 1 rings (SSSR count). The molecule has 0 saturated heterocycles. The summed E-state index contributed by atoms with van der Waals surface area (Å²) in [6.07, 6.45) is 4.84. The Hall–Kier alpha value is -0.910. The van der Waals surface area contributed by atoms with Crippen molar-refractivity contribution < 1.29 is 4.74 Å². The number of nitrogens with one attached hydrogen (secondary N) is 1. The standard InChI is InChI=1S/C11H22N4O/c1-3-5-15-9-13-8-11(15)10(7-12)14-4-6-16-2/h8-10,14H,3-7,12H2,1-2H3. The van der Waals surface area contributed by atoms with Crippen molar-refractivity contribution in [2.45, 2.75) is 25.9 Å². The second-order valence-corrected chi connectivity index (χ2v) is 3.75. The summed E-state index contributed by atoms with van der Waals surface area (Å²) >= 11 is 0. The van der Waals surface area contributed by atoms with Crippen LogP contribution >= 0.6 is 0 Å². The van der Waals surface area contributed by atoms with Crippen LogP contribution in [0.15, 0.2) is 12.5 Å². The highest BCUT2D eigenvalue weighted by molar-refractivity contribution is 5.06. The third-order valence-corrected chi connectivity index (χ3v) is 2.50. The summed E-state index contributed by atoms with van der Waals surface area (Å²) in [6, 6.07) is 0.157. The monoisotopic (exact) mass is 226 g/mol. The van der Waals surface area contributed by atoms with Gasteiger partial charge in [0.25, 0.3) is 0 Å². The number of nitrogens with two attached hydrogens (primary N) is 1. The lowest BCUT2D eigenvalue weighted by atomic mass is 10.2. The first-order chi connectivity index (χ1) is 7.83. The van der Waals surface area contributed by atoms with E-state index in [4.69, 9.17) is 10.5 Å². The molecule has 1 aromatic heterocycles. The Morgan fingerprint density at radius 2 is 2.44 bits per heavy atom. The lowest BCUT2D eigenvalue weighted by Crippen LogP contribution is -2.32. The summed E-state index contributed by atoms with van der Waals surface area (Å²) in [6.45, 7) is 5.20. The quantitative estimate of drug-likeness (QED) is 0.635. The number of hydrogen-bond acceptors (Lipinski definition) is 4. The van der Waals surface area contributed by atoms with Gasteiger partial charge in [0.15, 0.2) is 0 Å². The minimum Gasteiger partial charge on any atom is -0.383 e.